The Bertz CT molecular complexity index is 484. The predicted octanol–water partition coefficient (Wildman–Crippen LogP) is -1.10. The van der Waals surface area contributed by atoms with E-state index in [1.54, 1.807) is 13.8 Å². The molecule has 12 heteroatoms. The number of nitrogens with one attached hydrogen (secondary N) is 1. The van der Waals surface area contributed by atoms with Gasteiger partial charge in [0.15, 0.2) is 6.80 Å². The maximum Gasteiger partial charge on any atom is 0.329 e. The summed E-state index contributed by atoms with van der Waals surface area (Å²) < 4.78 is 20.2. The average molecular weight is 385 g/mol. The first kappa shape index (κ1) is 22.9. The van der Waals surface area contributed by atoms with Gasteiger partial charge in [-0.25, -0.2) is 4.79 Å². The Morgan fingerprint density at radius 3 is 2.29 bits per heavy atom. The number of hydrogen-bond acceptors (Lipinski definition) is 9. The largest absolute Gasteiger partial charge is 0.770 e. The highest BCUT2D eigenvalue weighted by atomic mass is 32.7. The van der Waals surface area contributed by atoms with Crippen LogP contribution in [-0.4, -0.2) is 53.8 Å². The summed E-state index contributed by atoms with van der Waals surface area (Å²) in [5.41, 5.74) is 5.54. The van der Waals surface area contributed by atoms with Gasteiger partial charge in [0.25, 0.3) is 0 Å². The maximum absolute atomic E-state index is 11.8. The van der Waals surface area contributed by atoms with Crippen molar-refractivity contribution in [2.45, 2.75) is 38.8 Å². The summed E-state index contributed by atoms with van der Waals surface area (Å²) in [6.45, 7) is -1.28. The molecule has 10 nitrogen and oxygen atoms in total. The van der Waals surface area contributed by atoms with Gasteiger partial charge in [-0.3, -0.25) is 14.2 Å². The third-order valence-electron chi connectivity index (χ3n) is 2.58. The molecule has 0 saturated carbocycles. The van der Waals surface area contributed by atoms with Gasteiger partial charge in [0.1, 0.15) is 12.1 Å². The minimum atomic E-state index is -4.65. The van der Waals surface area contributed by atoms with E-state index in [0.717, 1.165) is 0 Å². The summed E-state index contributed by atoms with van der Waals surface area (Å²) in [4.78, 5) is 54.4. The fourth-order valence-corrected chi connectivity index (χ4v) is 3.07. The highest BCUT2D eigenvalue weighted by Gasteiger charge is 2.24. The highest BCUT2D eigenvalue weighted by Crippen LogP contribution is 2.45. The number of esters is 2. The van der Waals surface area contributed by atoms with Crippen molar-refractivity contribution in [3.63, 3.8) is 0 Å². The minimum Gasteiger partial charge on any atom is -0.770 e. The number of carbonyl (C=O) groups excluding carboxylic acids is 3. The minimum absolute atomic E-state index is 0.00654. The molecular weight excluding hydrogens is 363 g/mol. The Labute approximate surface area is 143 Å². The monoisotopic (exact) mass is 385 g/mol. The smallest absolute Gasteiger partial charge is 0.329 e. The first-order valence-corrected chi connectivity index (χ1v) is 10.3. The van der Waals surface area contributed by atoms with E-state index in [9.17, 15) is 23.8 Å². The average Bonchev–Trinajstić information content (AvgIpc) is 2.48. The second-order valence-corrected chi connectivity index (χ2v) is 8.22. The summed E-state index contributed by atoms with van der Waals surface area (Å²) in [6, 6.07) is -2.24. The normalized spacial score (nSPS) is 15.7. The predicted molar refractivity (Wildman–Crippen MR) is 84.7 cm³/mol. The van der Waals surface area contributed by atoms with E-state index in [-0.39, 0.29) is 37.4 Å². The Morgan fingerprint density at radius 1 is 1.25 bits per heavy atom. The molecular formula is C12H22N2O8PS-. The van der Waals surface area contributed by atoms with Crippen molar-refractivity contribution in [2.75, 3.05) is 19.0 Å². The molecule has 0 aliphatic heterocycles. The second-order valence-electron chi connectivity index (χ2n) is 4.53. The lowest BCUT2D eigenvalue weighted by atomic mass is 10.1. The maximum atomic E-state index is 11.8. The molecule has 24 heavy (non-hydrogen) atoms. The molecule has 0 bridgehead atoms. The molecule has 0 aliphatic rings. The van der Waals surface area contributed by atoms with E-state index in [4.69, 9.17) is 20.1 Å². The van der Waals surface area contributed by atoms with Crippen molar-refractivity contribution < 1.29 is 38.2 Å². The fraction of sp³-hybridized carbons (Fsp3) is 0.750. The van der Waals surface area contributed by atoms with Crippen molar-refractivity contribution >= 4 is 36.0 Å². The third kappa shape index (κ3) is 10.6. The van der Waals surface area contributed by atoms with Crippen LogP contribution >= 0.6 is 18.2 Å². The number of amides is 1. The lowest BCUT2D eigenvalue weighted by Gasteiger charge is -2.20. The van der Waals surface area contributed by atoms with Crippen LogP contribution in [0.15, 0.2) is 0 Å². The molecule has 0 aromatic carbocycles. The van der Waals surface area contributed by atoms with Crippen LogP contribution in [0.4, 0.5) is 0 Å². The summed E-state index contributed by atoms with van der Waals surface area (Å²) >= 11 is 0.115. The SMILES string of the molecule is CCOC(=O)[C@H](CSP(=O)([O-])O)NC(=O)CC[C@H](N)C(=O)OCC. The van der Waals surface area contributed by atoms with E-state index in [2.05, 4.69) is 5.32 Å². The van der Waals surface area contributed by atoms with Gasteiger partial charge in [-0.15, -0.1) is 0 Å². The molecule has 0 spiro atoms. The van der Waals surface area contributed by atoms with Crippen molar-refractivity contribution in [2.24, 2.45) is 5.73 Å². The van der Waals surface area contributed by atoms with Crippen LogP contribution in [0.25, 0.3) is 0 Å². The molecule has 1 unspecified atom stereocenters. The third-order valence-corrected chi connectivity index (χ3v) is 4.82. The summed E-state index contributed by atoms with van der Waals surface area (Å²) in [5.74, 6) is -2.50. The Balaban J connectivity index is 4.54. The van der Waals surface area contributed by atoms with E-state index in [0.29, 0.717) is 0 Å². The zero-order valence-electron chi connectivity index (χ0n) is 13.4. The molecule has 0 aromatic heterocycles. The standard InChI is InChI=1S/C12H23N2O8PS/c1-3-21-11(16)8(13)5-6-10(15)14-9(12(17)22-4-2)7-24-23(18,19)20/h8-9H,3-7,13H2,1-2H3,(H,14,15)(H2,18,19,20)/p-1/t8-,9-/m0/s1. The van der Waals surface area contributed by atoms with Crippen LogP contribution in [0.2, 0.25) is 0 Å². The quantitative estimate of drug-likeness (QED) is 0.293. The van der Waals surface area contributed by atoms with Gasteiger partial charge in [0.05, 0.1) is 13.2 Å². The first-order chi connectivity index (χ1) is 11.1. The second kappa shape index (κ2) is 11.4. The van der Waals surface area contributed by atoms with Gasteiger partial charge >= 0.3 is 11.9 Å². The molecule has 0 aromatic rings. The summed E-state index contributed by atoms with van der Waals surface area (Å²) in [5, 5.41) is 2.29. The van der Waals surface area contributed by atoms with Crippen LogP contribution in [0.1, 0.15) is 26.7 Å². The van der Waals surface area contributed by atoms with Gasteiger partial charge in [0.2, 0.25) is 5.91 Å². The van der Waals surface area contributed by atoms with Crippen LogP contribution in [-0.2, 0) is 28.4 Å². The number of carbonyl (C=O) groups is 3. The fourth-order valence-electron chi connectivity index (χ4n) is 1.50. The Kier molecular flexibility index (Phi) is 10.9. The lowest BCUT2D eigenvalue weighted by molar-refractivity contribution is -0.184. The molecule has 4 N–H and O–H groups in total. The molecule has 0 heterocycles. The summed E-state index contributed by atoms with van der Waals surface area (Å²) in [7, 11) is 0. The number of rotatable bonds is 11. The van der Waals surface area contributed by atoms with E-state index in [1.165, 1.54) is 0 Å². The van der Waals surface area contributed by atoms with Crippen molar-refractivity contribution in [3.8, 4) is 0 Å². The topological polar surface area (TPSA) is 168 Å². The first-order valence-electron chi connectivity index (χ1n) is 7.17. The van der Waals surface area contributed by atoms with Crippen LogP contribution < -0.4 is 15.9 Å². The molecule has 0 aliphatic carbocycles. The van der Waals surface area contributed by atoms with E-state index >= 15 is 0 Å². The zero-order chi connectivity index (χ0) is 18.8. The molecule has 1 amide bonds. The van der Waals surface area contributed by atoms with Crippen LogP contribution in [0, 0.1) is 0 Å². The number of hydrogen-bond donors (Lipinski definition) is 3. The Hall–Kier alpha value is -1.13. The molecule has 3 atom stereocenters. The van der Waals surface area contributed by atoms with Crippen molar-refractivity contribution in [3.05, 3.63) is 0 Å². The summed E-state index contributed by atoms with van der Waals surface area (Å²) in [6.07, 6.45) is -0.178. The number of ether oxygens (including phenoxy) is 2. The molecule has 0 radical (unpaired) electrons. The van der Waals surface area contributed by atoms with Gasteiger partial charge in [-0.1, -0.05) is 11.4 Å². The Morgan fingerprint density at radius 2 is 1.79 bits per heavy atom. The number of nitrogens with two attached hydrogens (primary N) is 1. The van der Waals surface area contributed by atoms with Crippen molar-refractivity contribution in [1.29, 1.82) is 0 Å². The van der Waals surface area contributed by atoms with Gasteiger partial charge in [-0.2, -0.15) is 0 Å². The van der Waals surface area contributed by atoms with Crippen LogP contribution in [0.5, 0.6) is 0 Å². The molecule has 0 saturated heterocycles. The molecule has 140 valence electrons. The van der Waals surface area contributed by atoms with E-state index in [1.807, 2.05) is 0 Å². The lowest BCUT2D eigenvalue weighted by Crippen LogP contribution is -2.44. The molecule has 0 fully saturated rings. The van der Waals surface area contributed by atoms with Gasteiger partial charge in [0, 0.05) is 12.2 Å². The van der Waals surface area contributed by atoms with Crippen molar-refractivity contribution in [1.82, 2.24) is 5.32 Å². The molecule has 0 rings (SSSR count). The zero-order valence-corrected chi connectivity index (χ0v) is 15.1. The van der Waals surface area contributed by atoms with Gasteiger partial charge < -0.3 is 30.3 Å². The van der Waals surface area contributed by atoms with Gasteiger partial charge in [-0.05, 0) is 20.3 Å². The van der Waals surface area contributed by atoms with E-state index < -0.39 is 42.5 Å². The van der Waals surface area contributed by atoms with Crippen LogP contribution in [0.3, 0.4) is 0 Å². The highest BCUT2D eigenvalue weighted by molar-refractivity contribution is 8.54.